The first-order chi connectivity index (χ1) is 11.9. The van der Waals surface area contributed by atoms with Crippen LogP contribution in [0.3, 0.4) is 0 Å². The summed E-state index contributed by atoms with van der Waals surface area (Å²) >= 11 is 6.02. The summed E-state index contributed by atoms with van der Waals surface area (Å²) in [7, 11) is 0. The van der Waals surface area contributed by atoms with E-state index in [1.54, 1.807) is 31.2 Å². The molecule has 1 fully saturated rings. The molecule has 2 unspecified atom stereocenters. The SMILES string of the molecule is C/C(=N\NC(N)=O)c1ccc(N2C(=O)C3CC=C(Cl)CC3C2=O)cc1. The van der Waals surface area contributed by atoms with E-state index in [0.717, 1.165) is 5.56 Å². The maximum atomic E-state index is 12.6. The number of fused-ring (bicyclic) bond motifs is 1. The number of anilines is 1. The summed E-state index contributed by atoms with van der Waals surface area (Å²) < 4.78 is 0. The normalized spacial score (nSPS) is 23.4. The molecule has 4 amide bonds. The molecule has 0 aromatic heterocycles. The standard InChI is InChI=1S/C17H17ClN4O3/c1-9(20-21-17(19)25)10-2-5-12(6-3-10)22-15(23)13-7-4-11(18)8-14(13)16(22)24/h2-6,13-14H,7-8H2,1H3,(H3,19,21,25)/b20-9+. The van der Waals surface area contributed by atoms with Gasteiger partial charge < -0.3 is 5.73 Å². The van der Waals surface area contributed by atoms with Crippen LogP contribution in [0.5, 0.6) is 0 Å². The molecule has 2 atom stereocenters. The minimum atomic E-state index is -0.751. The number of rotatable bonds is 3. The second-order valence-corrected chi connectivity index (χ2v) is 6.52. The van der Waals surface area contributed by atoms with E-state index >= 15 is 0 Å². The van der Waals surface area contributed by atoms with Gasteiger partial charge in [0.1, 0.15) is 0 Å². The van der Waals surface area contributed by atoms with Crippen molar-refractivity contribution in [1.82, 2.24) is 5.43 Å². The number of hydrogen-bond acceptors (Lipinski definition) is 4. The van der Waals surface area contributed by atoms with Gasteiger partial charge in [0.2, 0.25) is 11.8 Å². The molecule has 0 bridgehead atoms. The number of imide groups is 1. The molecule has 1 aliphatic carbocycles. The molecule has 1 saturated heterocycles. The molecule has 25 heavy (non-hydrogen) atoms. The molecule has 2 aliphatic rings. The molecular formula is C17H17ClN4O3. The summed E-state index contributed by atoms with van der Waals surface area (Å²) in [5.41, 5.74) is 8.93. The first kappa shape index (κ1) is 17.2. The Kier molecular flexibility index (Phi) is 4.59. The van der Waals surface area contributed by atoms with Crippen LogP contribution in [-0.2, 0) is 9.59 Å². The van der Waals surface area contributed by atoms with Gasteiger partial charge in [-0.1, -0.05) is 29.8 Å². The van der Waals surface area contributed by atoms with E-state index in [0.29, 0.717) is 29.3 Å². The lowest BCUT2D eigenvalue weighted by molar-refractivity contribution is -0.122. The van der Waals surface area contributed by atoms with Gasteiger partial charge in [0, 0.05) is 5.03 Å². The highest BCUT2D eigenvalue weighted by atomic mass is 35.5. The third-order valence-electron chi connectivity index (χ3n) is 4.45. The highest BCUT2D eigenvalue weighted by Gasteiger charge is 2.48. The third-order valence-corrected chi connectivity index (χ3v) is 4.75. The fraction of sp³-hybridized carbons (Fsp3) is 0.294. The summed E-state index contributed by atoms with van der Waals surface area (Å²) in [6.45, 7) is 1.71. The van der Waals surface area contributed by atoms with Crippen LogP contribution < -0.4 is 16.1 Å². The molecule has 130 valence electrons. The average Bonchev–Trinajstić information content (AvgIpc) is 2.83. The first-order valence-electron chi connectivity index (χ1n) is 7.81. The smallest absolute Gasteiger partial charge is 0.332 e. The quantitative estimate of drug-likeness (QED) is 0.490. The molecule has 3 rings (SSSR count). The highest BCUT2D eigenvalue weighted by molar-refractivity contribution is 6.30. The van der Waals surface area contributed by atoms with Crippen LogP contribution in [0.2, 0.25) is 0 Å². The van der Waals surface area contributed by atoms with E-state index in [4.69, 9.17) is 17.3 Å². The van der Waals surface area contributed by atoms with Crippen molar-refractivity contribution in [1.29, 1.82) is 0 Å². The van der Waals surface area contributed by atoms with Crippen molar-refractivity contribution >= 4 is 40.8 Å². The van der Waals surface area contributed by atoms with Crippen molar-refractivity contribution in [3.05, 3.63) is 40.9 Å². The Morgan fingerprint density at radius 1 is 1.24 bits per heavy atom. The number of urea groups is 1. The topological polar surface area (TPSA) is 105 Å². The van der Waals surface area contributed by atoms with Crippen molar-refractivity contribution < 1.29 is 14.4 Å². The van der Waals surface area contributed by atoms with Crippen molar-refractivity contribution in [2.75, 3.05) is 4.90 Å². The number of allylic oxidation sites excluding steroid dienone is 2. The second-order valence-electron chi connectivity index (χ2n) is 6.04. The summed E-state index contributed by atoms with van der Waals surface area (Å²) in [4.78, 5) is 37.2. The second kappa shape index (κ2) is 6.68. The number of hydrazone groups is 1. The van der Waals surface area contributed by atoms with Crippen LogP contribution in [-0.4, -0.2) is 23.6 Å². The molecule has 1 aromatic carbocycles. The van der Waals surface area contributed by atoms with E-state index in [2.05, 4.69) is 10.5 Å². The predicted molar refractivity (Wildman–Crippen MR) is 94.0 cm³/mol. The van der Waals surface area contributed by atoms with E-state index in [-0.39, 0.29) is 23.7 Å². The van der Waals surface area contributed by atoms with Crippen molar-refractivity contribution in [2.24, 2.45) is 22.7 Å². The fourth-order valence-corrected chi connectivity index (χ4v) is 3.39. The Labute approximate surface area is 149 Å². The number of amides is 4. The van der Waals surface area contributed by atoms with Crippen LogP contribution in [0.1, 0.15) is 25.3 Å². The lowest BCUT2D eigenvalue weighted by atomic mass is 9.85. The Morgan fingerprint density at radius 3 is 2.52 bits per heavy atom. The number of benzene rings is 1. The zero-order chi connectivity index (χ0) is 18.1. The monoisotopic (exact) mass is 360 g/mol. The average molecular weight is 361 g/mol. The zero-order valence-corrected chi connectivity index (χ0v) is 14.3. The van der Waals surface area contributed by atoms with E-state index in [1.165, 1.54) is 4.90 Å². The largest absolute Gasteiger partial charge is 0.350 e. The molecule has 0 spiro atoms. The minimum absolute atomic E-state index is 0.191. The van der Waals surface area contributed by atoms with Gasteiger partial charge >= 0.3 is 6.03 Å². The number of hydrogen-bond donors (Lipinski definition) is 2. The van der Waals surface area contributed by atoms with Gasteiger partial charge in [-0.3, -0.25) is 14.5 Å². The number of carbonyl (C=O) groups is 3. The molecule has 1 aromatic rings. The van der Waals surface area contributed by atoms with E-state index in [9.17, 15) is 14.4 Å². The van der Waals surface area contributed by atoms with Crippen molar-refractivity contribution in [3.8, 4) is 0 Å². The van der Waals surface area contributed by atoms with Crippen LogP contribution in [0.4, 0.5) is 10.5 Å². The van der Waals surface area contributed by atoms with Gasteiger partial charge in [-0.2, -0.15) is 5.10 Å². The lowest BCUT2D eigenvalue weighted by Crippen LogP contribution is -2.30. The summed E-state index contributed by atoms with van der Waals surface area (Å²) in [6.07, 6.45) is 2.72. The Balaban J connectivity index is 1.81. The Morgan fingerprint density at radius 2 is 1.88 bits per heavy atom. The molecule has 1 heterocycles. The number of nitrogens with one attached hydrogen (secondary N) is 1. The fourth-order valence-electron chi connectivity index (χ4n) is 3.14. The third kappa shape index (κ3) is 3.28. The molecular weight excluding hydrogens is 344 g/mol. The van der Waals surface area contributed by atoms with Crippen molar-refractivity contribution in [2.45, 2.75) is 19.8 Å². The zero-order valence-electron chi connectivity index (χ0n) is 13.5. The molecule has 1 aliphatic heterocycles. The number of nitrogens with two attached hydrogens (primary N) is 1. The maximum Gasteiger partial charge on any atom is 0.332 e. The number of carbonyl (C=O) groups excluding carboxylic acids is 3. The first-order valence-corrected chi connectivity index (χ1v) is 8.19. The summed E-state index contributed by atoms with van der Waals surface area (Å²) in [6, 6.07) is 6.07. The lowest BCUT2D eigenvalue weighted by Gasteiger charge is -2.17. The van der Waals surface area contributed by atoms with Gasteiger partial charge in [0.15, 0.2) is 0 Å². The maximum absolute atomic E-state index is 12.6. The van der Waals surface area contributed by atoms with Gasteiger partial charge in [-0.25, -0.2) is 10.2 Å². The van der Waals surface area contributed by atoms with Crippen LogP contribution in [0, 0.1) is 11.8 Å². The van der Waals surface area contributed by atoms with E-state index in [1.807, 2.05) is 6.08 Å². The Hall–Kier alpha value is -2.67. The highest BCUT2D eigenvalue weighted by Crippen LogP contribution is 2.40. The molecule has 0 radical (unpaired) electrons. The van der Waals surface area contributed by atoms with Crippen LogP contribution >= 0.6 is 11.6 Å². The molecule has 3 N–H and O–H groups in total. The number of primary amides is 1. The van der Waals surface area contributed by atoms with E-state index < -0.39 is 6.03 Å². The summed E-state index contributed by atoms with van der Waals surface area (Å²) in [5, 5.41) is 4.47. The van der Waals surface area contributed by atoms with Gasteiger partial charge in [0.25, 0.3) is 0 Å². The molecule has 7 nitrogen and oxygen atoms in total. The Bertz CT molecular complexity index is 801. The van der Waals surface area contributed by atoms with Gasteiger partial charge in [0.05, 0.1) is 23.2 Å². The van der Waals surface area contributed by atoms with Crippen LogP contribution in [0.15, 0.2) is 40.5 Å². The van der Waals surface area contributed by atoms with Gasteiger partial charge in [-0.05, 0) is 37.5 Å². The molecule has 8 heteroatoms. The number of halogens is 1. The van der Waals surface area contributed by atoms with Crippen LogP contribution in [0.25, 0.3) is 0 Å². The molecule has 0 saturated carbocycles. The minimum Gasteiger partial charge on any atom is -0.350 e. The van der Waals surface area contributed by atoms with Crippen molar-refractivity contribution in [3.63, 3.8) is 0 Å². The predicted octanol–water partition coefficient (Wildman–Crippen LogP) is 2.10. The van der Waals surface area contributed by atoms with Gasteiger partial charge in [-0.15, -0.1) is 0 Å². The number of nitrogens with zero attached hydrogens (tertiary/aromatic N) is 2. The summed E-state index contributed by atoms with van der Waals surface area (Å²) in [5.74, 6) is -1.12.